The van der Waals surface area contributed by atoms with Gasteiger partial charge in [-0.1, -0.05) is 18.2 Å². The Balaban J connectivity index is 2.20. The van der Waals surface area contributed by atoms with E-state index in [2.05, 4.69) is 10.0 Å². The molecule has 0 amide bonds. The summed E-state index contributed by atoms with van der Waals surface area (Å²) < 4.78 is 39.6. The van der Waals surface area contributed by atoms with Crippen molar-refractivity contribution in [3.8, 4) is 0 Å². The highest BCUT2D eigenvalue weighted by Gasteiger charge is 2.14. The lowest BCUT2D eigenvalue weighted by Crippen LogP contribution is -2.13. The van der Waals surface area contributed by atoms with Crippen molar-refractivity contribution in [3.63, 3.8) is 0 Å². The van der Waals surface area contributed by atoms with Gasteiger partial charge in [-0.15, -0.1) is 0 Å². The van der Waals surface area contributed by atoms with Gasteiger partial charge in [-0.2, -0.15) is 0 Å². The van der Waals surface area contributed by atoms with Crippen LogP contribution in [0.2, 0.25) is 0 Å². The summed E-state index contributed by atoms with van der Waals surface area (Å²) in [4.78, 5) is -0.100. The maximum absolute atomic E-state index is 13.1. The van der Waals surface area contributed by atoms with E-state index in [0.29, 0.717) is 12.2 Å². The number of rotatable bonds is 5. The summed E-state index contributed by atoms with van der Waals surface area (Å²) in [5.74, 6) is -0.586. The van der Waals surface area contributed by atoms with Crippen molar-refractivity contribution in [1.82, 2.24) is 5.32 Å². The molecule has 2 aromatic carbocycles. The van der Waals surface area contributed by atoms with Crippen molar-refractivity contribution >= 4 is 15.7 Å². The summed E-state index contributed by atoms with van der Waals surface area (Å²) in [6.45, 7) is 0.705. The molecule has 106 valence electrons. The van der Waals surface area contributed by atoms with E-state index in [1.807, 2.05) is 19.2 Å². The highest BCUT2D eigenvalue weighted by Crippen LogP contribution is 2.17. The quantitative estimate of drug-likeness (QED) is 0.890. The van der Waals surface area contributed by atoms with Crippen LogP contribution in [0.3, 0.4) is 0 Å². The number of hydrogen-bond donors (Lipinski definition) is 2. The molecule has 0 aliphatic rings. The first-order valence-corrected chi connectivity index (χ1v) is 7.51. The standard InChI is InChI=1S/C14H15FN2O2S/c1-16-10-11-5-7-13(8-6-11)17-20(18,19)14-4-2-3-12(15)9-14/h2-9,16-17H,10H2,1H3. The summed E-state index contributed by atoms with van der Waals surface area (Å²) in [5.41, 5.74) is 1.48. The van der Waals surface area contributed by atoms with Gasteiger partial charge in [-0.25, -0.2) is 12.8 Å². The van der Waals surface area contributed by atoms with E-state index in [4.69, 9.17) is 0 Å². The third-order valence-electron chi connectivity index (χ3n) is 2.69. The van der Waals surface area contributed by atoms with Crippen LogP contribution >= 0.6 is 0 Å². The topological polar surface area (TPSA) is 58.2 Å². The molecule has 20 heavy (non-hydrogen) atoms. The lowest BCUT2D eigenvalue weighted by atomic mass is 10.2. The molecule has 4 nitrogen and oxygen atoms in total. The molecule has 0 unspecified atom stereocenters. The molecule has 0 heterocycles. The zero-order valence-corrected chi connectivity index (χ0v) is 11.7. The Morgan fingerprint density at radius 2 is 1.80 bits per heavy atom. The van der Waals surface area contributed by atoms with Gasteiger partial charge in [0.15, 0.2) is 0 Å². The lowest BCUT2D eigenvalue weighted by molar-refractivity contribution is 0.595. The summed E-state index contributed by atoms with van der Waals surface area (Å²) in [7, 11) is -1.93. The van der Waals surface area contributed by atoms with E-state index in [0.717, 1.165) is 11.6 Å². The van der Waals surface area contributed by atoms with Gasteiger partial charge in [0.05, 0.1) is 4.90 Å². The van der Waals surface area contributed by atoms with Gasteiger partial charge in [-0.05, 0) is 42.9 Å². The summed E-state index contributed by atoms with van der Waals surface area (Å²) in [6, 6.07) is 11.9. The molecule has 2 aromatic rings. The van der Waals surface area contributed by atoms with Gasteiger partial charge in [-0.3, -0.25) is 4.72 Å². The van der Waals surface area contributed by atoms with Gasteiger partial charge in [0.25, 0.3) is 10.0 Å². The fraction of sp³-hybridized carbons (Fsp3) is 0.143. The van der Waals surface area contributed by atoms with Crippen LogP contribution in [0.15, 0.2) is 53.4 Å². The Morgan fingerprint density at radius 1 is 1.10 bits per heavy atom. The molecule has 0 aliphatic carbocycles. The average Bonchev–Trinajstić information content (AvgIpc) is 2.41. The fourth-order valence-corrected chi connectivity index (χ4v) is 2.83. The van der Waals surface area contributed by atoms with Crippen LogP contribution in [0.25, 0.3) is 0 Å². The van der Waals surface area contributed by atoms with Crippen LogP contribution in [0.5, 0.6) is 0 Å². The largest absolute Gasteiger partial charge is 0.316 e. The van der Waals surface area contributed by atoms with Crippen molar-refractivity contribution in [3.05, 3.63) is 59.9 Å². The fourth-order valence-electron chi connectivity index (χ4n) is 1.74. The van der Waals surface area contributed by atoms with E-state index in [1.165, 1.54) is 18.2 Å². The molecule has 0 bridgehead atoms. The molecule has 0 saturated carbocycles. The van der Waals surface area contributed by atoms with E-state index in [9.17, 15) is 12.8 Å². The van der Waals surface area contributed by atoms with Crippen LogP contribution < -0.4 is 10.0 Å². The number of halogens is 1. The molecule has 0 spiro atoms. The van der Waals surface area contributed by atoms with Gasteiger partial charge in [0.1, 0.15) is 5.82 Å². The summed E-state index contributed by atoms with van der Waals surface area (Å²) in [5, 5.41) is 3.00. The lowest BCUT2D eigenvalue weighted by Gasteiger charge is -2.09. The van der Waals surface area contributed by atoms with Crippen LogP contribution in [0, 0.1) is 5.82 Å². The second-order valence-corrected chi connectivity index (χ2v) is 5.97. The minimum Gasteiger partial charge on any atom is -0.316 e. The Hall–Kier alpha value is -1.92. The number of benzene rings is 2. The molecule has 0 aliphatic heterocycles. The van der Waals surface area contributed by atoms with Crippen molar-refractivity contribution in [2.24, 2.45) is 0 Å². The zero-order valence-electron chi connectivity index (χ0n) is 10.9. The van der Waals surface area contributed by atoms with Crippen LogP contribution in [-0.2, 0) is 16.6 Å². The van der Waals surface area contributed by atoms with E-state index in [-0.39, 0.29) is 4.90 Å². The predicted molar refractivity (Wildman–Crippen MR) is 76.4 cm³/mol. The van der Waals surface area contributed by atoms with Crippen molar-refractivity contribution in [2.45, 2.75) is 11.4 Å². The Labute approximate surface area is 117 Å². The Bertz CT molecular complexity index is 685. The SMILES string of the molecule is CNCc1ccc(NS(=O)(=O)c2cccc(F)c2)cc1. The number of nitrogens with one attached hydrogen (secondary N) is 2. The number of hydrogen-bond acceptors (Lipinski definition) is 3. The monoisotopic (exact) mass is 294 g/mol. The second kappa shape index (κ2) is 6.02. The van der Waals surface area contributed by atoms with Crippen LogP contribution in [0.4, 0.5) is 10.1 Å². The van der Waals surface area contributed by atoms with Crippen molar-refractivity contribution in [1.29, 1.82) is 0 Å². The highest BCUT2D eigenvalue weighted by molar-refractivity contribution is 7.92. The van der Waals surface area contributed by atoms with E-state index >= 15 is 0 Å². The minimum atomic E-state index is -3.77. The Kier molecular flexibility index (Phi) is 4.36. The summed E-state index contributed by atoms with van der Waals surface area (Å²) >= 11 is 0. The normalized spacial score (nSPS) is 11.3. The third kappa shape index (κ3) is 3.55. The van der Waals surface area contributed by atoms with Gasteiger partial charge < -0.3 is 5.32 Å². The maximum Gasteiger partial charge on any atom is 0.261 e. The molecular formula is C14H15FN2O2S. The molecule has 6 heteroatoms. The maximum atomic E-state index is 13.1. The minimum absolute atomic E-state index is 0.100. The van der Waals surface area contributed by atoms with Gasteiger partial charge in [0.2, 0.25) is 0 Å². The number of anilines is 1. The predicted octanol–water partition coefficient (Wildman–Crippen LogP) is 2.35. The van der Waals surface area contributed by atoms with Gasteiger partial charge >= 0.3 is 0 Å². The molecule has 0 atom stereocenters. The van der Waals surface area contributed by atoms with E-state index in [1.54, 1.807) is 12.1 Å². The first kappa shape index (κ1) is 14.5. The summed E-state index contributed by atoms with van der Waals surface area (Å²) in [6.07, 6.45) is 0. The van der Waals surface area contributed by atoms with Gasteiger partial charge in [0, 0.05) is 12.2 Å². The molecule has 2 N–H and O–H groups in total. The van der Waals surface area contributed by atoms with Crippen molar-refractivity contribution in [2.75, 3.05) is 11.8 Å². The molecular weight excluding hydrogens is 279 g/mol. The molecule has 0 fully saturated rings. The van der Waals surface area contributed by atoms with Crippen LogP contribution in [0.1, 0.15) is 5.56 Å². The molecule has 2 rings (SSSR count). The molecule has 0 saturated heterocycles. The van der Waals surface area contributed by atoms with Crippen molar-refractivity contribution < 1.29 is 12.8 Å². The average molecular weight is 294 g/mol. The first-order valence-electron chi connectivity index (χ1n) is 6.03. The van der Waals surface area contributed by atoms with E-state index < -0.39 is 15.8 Å². The molecule has 0 aromatic heterocycles. The third-order valence-corrected chi connectivity index (χ3v) is 4.07. The zero-order chi connectivity index (χ0) is 14.6. The van der Waals surface area contributed by atoms with Crippen LogP contribution in [-0.4, -0.2) is 15.5 Å². The first-order chi connectivity index (χ1) is 9.51. The molecule has 0 radical (unpaired) electrons. The second-order valence-electron chi connectivity index (χ2n) is 4.29. The number of sulfonamides is 1. The smallest absolute Gasteiger partial charge is 0.261 e. The highest BCUT2D eigenvalue weighted by atomic mass is 32.2. The Morgan fingerprint density at radius 3 is 2.40 bits per heavy atom.